The smallest absolute Gasteiger partial charge is 0.248 e. The number of carbonyl (C=O) groups excluding carboxylic acids is 1. The van der Waals surface area contributed by atoms with Gasteiger partial charge in [0.05, 0.1) is 12.2 Å². The van der Waals surface area contributed by atoms with Crippen molar-refractivity contribution >= 4 is 23.6 Å². The molecule has 0 saturated heterocycles. The number of thioether (sulfide) groups is 1. The summed E-state index contributed by atoms with van der Waals surface area (Å²) in [5.74, 6) is 2.20. The number of hydrogen-bond acceptors (Lipinski definition) is 7. The van der Waals surface area contributed by atoms with Gasteiger partial charge in [0.15, 0.2) is 11.5 Å². The first-order chi connectivity index (χ1) is 16.9. The third kappa shape index (κ3) is 5.45. The number of anilines is 1. The van der Waals surface area contributed by atoms with Crippen LogP contribution in [0.4, 0.5) is 5.95 Å². The number of amides is 1. The lowest BCUT2D eigenvalue weighted by molar-refractivity contribution is -0.115. The number of benzene rings is 2. The number of fused-ring (bicyclic) bond motifs is 1. The second-order valence-corrected chi connectivity index (χ2v) is 9.42. The van der Waals surface area contributed by atoms with Crippen molar-refractivity contribution in [1.29, 1.82) is 0 Å². The van der Waals surface area contributed by atoms with Crippen molar-refractivity contribution in [2.24, 2.45) is 5.73 Å². The van der Waals surface area contributed by atoms with Crippen LogP contribution in [0.15, 0.2) is 58.9 Å². The highest BCUT2D eigenvalue weighted by atomic mass is 32.2. The van der Waals surface area contributed by atoms with Crippen LogP contribution in [0.3, 0.4) is 0 Å². The number of allylic oxidation sites excluding steroid dienone is 1. The normalized spacial score (nSPS) is 14.9. The fraction of sp³-hybridized carbons (Fsp3) is 0.346. The molecule has 2 aromatic carbocycles. The molecular weight excluding hydrogens is 462 g/mol. The number of ether oxygens (including phenoxy) is 2. The van der Waals surface area contributed by atoms with Gasteiger partial charge in [-0.2, -0.15) is 4.98 Å². The van der Waals surface area contributed by atoms with Gasteiger partial charge in [0.2, 0.25) is 17.0 Å². The van der Waals surface area contributed by atoms with Gasteiger partial charge in [-0.25, -0.2) is 4.68 Å². The molecule has 1 unspecified atom stereocenters. The van der Waals surface area contributed by atoms with Gasteiger partial charge in [-0.15, -0.1) is 5.10 Å². The minimum Gasteiger partial charge on any atom is -0.490 e. The lowest BCUT2D eigenvalue weighted by Crippen LogP contribution is -2.31. The van der Waals surface area contributed by atoms with E-state index in [0.717, 1.165) is 23.3 Å². The zero-order valence-corrected chi connectivity index (χ0v) is 21.3. The van der Waals surface area contributed by atoms with Crippen molar-refractivity contribution in [2.75, 3.05) is 17.7 Å². The van der Waals surface area contributed by atoms with Crippen LogP contribution in [-0.4, -0.2) is 33.0 Å². The molecule has 0 radical (unpaired) electrons. The number of nitrogens with one attached hydrogen (secondary N) is 1. The van der Waals surface area contributed by atoms with Crippen molar-refractivity contribution in [2.45, 2.75) is 51.9 Å². The number of nitrogens with two attached hydrogens (primary N) is 1. The van der Waals surface area contributed by atoms with Crippen LogP contribution in [0.2, 0.25) is 0 Å². The van der Waals surface area contributed by atoms with E-state index in [2.05, 4.69) is 41.4 Å². The SMILES string of the molecule is CCCSc1nc2n(n1)C(c1ccc(OCc3ccc(C)cc3)c(OCC)c1)C(C(N)=O)=C(C)N2. The first kappa shape index (κ1) is 24.7. The first-order valence-corrected chi connectivity index (χ1v) is 12.7. The van der Waals surface area contributed by atoms with Gasteiger partial charge in [-0.3, -0.25) is 4.79 Å². The monoisotopic (exact) mass is 493 g/mol. The molecule has 1 aromatic heterocycles. The van der Waals surface area contributed by atoms with Crippen molar-refractivity contribution < 1.29 is 14.3 Å². The van der Waals surface area contributed by atoms with Crippen molar-refractivity contribution in [3.63, 3.8) is 0 Å². The molecule has 4 rings (SSSR count). The molecule has 8 nitrogen and oxygen atoms in total. The van der Waals surface area contributed by atoms with Crippen LogP contribution in [-0.2, 0) is 11.4 Å². The summed E-state index contributed by atoms with van der Waals surface area (Å²) in [5, 5.41) is 8.52. The maximum Gasteiger partial charge on any atom is 0.248 e. The summed E-state index contributed by atoms with van der Waals surface area (Å²) >= 11 is 1.58. The Bertz CT molecular complexity index is 1240. The van der Waals surface area contributed by atoms with Gasteiger partial charge in [-0.1, -0.05) is 54.6 Å². The maximum atomic E-state index is 12.5. The maximum absolute atomic E-state index is 12.5. The molecule has 3 N–H and O–H groups in total. The van der Waals surface area contributed by atoms with E-state index >= 15 is 0 Å². The van der Waals surface area contributed by atoms with E-state index in [4.69, 9.17) is 15.2 Å². The average molecular weight is 494 g/mol. The lowest BCUT2D eigenvalue weighted by atomic mass is 9.95. The molecule has 184 valence electrons. The van der Waals surface area contributed by atoms with E-state index in [-0.39, 0.29) is 0 Å². The van der Waals surface area contributed by atoms with Crippen molar-refractivity contribution in [3.05, 3.63) is 70.4 Å². The highest BCUT2D eigenvalue weighted by Gasteiger charge is 2.34. The van der Waals surface area contributed by atoms with Crippen molar-refractivity contribution in [3.8, 4) is 11.5 Å². The molecule has 0 aliphatic carbocycles. The predicted molar refractivity (Wildman–Crippen MR) is 138 cm³/mol. The molecule has 0 spiro atoms. The summed E-state index contributed by atoms with van der Waals surface area (Å²) in [6.07, 6.45) is 1.01. The van der Waals surface area contributed by atoms with E-state index < -0.39 is 11.9 Å². The van der Waals surface area contributed by atoms with Crippen LogP contribution in [0.5, 0.6) is 11.5 Å². The van der Waals surface area contributed by atoms with E-state index in [1.807, 2.05) is 44.2 Å². The Labute approximate surface area is 209 Å². The standard InChI is InChI=1S/C26H31N5O3S/c1-5-13-35-26-29-25-28-17(4)22(24(27)32)23(31(25)30-26)19-11-12-20(21(14-19)33-6-2)34-15-18-9-7-16(3)8-10-18/h7-12,14,23H,5-6,13,15H2,1-4H3,(H2,27,32)(H,28,29,30). The van der Waals surface area contributed by atoms with E-state index in [9.17, 15) is 4.79 Å². The largest absolute Gasteiger partial charge is 0.490 e. The minimum atomic E-state index is -0.530. The second kappa shape index (κ2) is 10.9. The number of primary amides is 1. The van der Waals surface area contributed by atoms with Gasteiger partial charge in [0.1, 0.15) is 12.6 Å². The lowest BCUT2D eigenvalue weighted by Gasteiger charge is -2.28. The third-order valence-corrected chi connectivity index (χ3v) is 6.68. The molecule has 1 aliphatic heterocycles. The van der Waals surface area contributed by atoms with Gasteiger partial charge >= 0.3 is 0 Å². The fourth-order valence-electron chi connectivity index (χ4n) is 3.94. The molecule has 1 amide bonds. The zero-order valence-electron chi connectivity index (χ0n) is 20.5. The van der Waals surface area contributed by atoms with Gasteiger partial charge in [-0.05, 0) is 50.5 Å². The Morgan fingerprint density at radius 1 is 1.11 bits per heavy atom. The summed E-state index contributed by atoms with van der Waals surface area (Å²) in [4.78, 5) is 17.1. The topological polar surface area (TPSA) is 104 Å². The van der Waals surface area contributed by atoms with E-state index in [1.165, 1.54) is 5.56 Å². The summed E-state index contributed by atoms with van der Waals surface area (Å²) in [6, 6.07) is 13.4. The molecule has 3 aromatic rings. The number of carbonyl (C=O) groups is 1. The van der Waals surface area contributed by atoms with E-state index in [1.54, 1.807) is 16.4 Å². The molecule has 35 heavy (non-hydrogen) atoms. The number of aromatic nitrogens is 3. The Morgan fingerprint density at radius 2 is 1.89 bits per heavy atom. The summed E-state index contributed by atoms with van der Waals surface area (Å²) < 4.78 is 13.7. The Kier molecular flexibility index (Phi) is 7.65. The van der Waals surface area contributed by atoms with Gasteiger partial charge in [0.25, 0.3) is 0 Å². The van der Waals surface area contributed by atoms with Gasteiger partial charge in [0, 0.05) is 11.4 Å². The molecule has 0 saturated carbocycles. The van der Waals surface area contributed by atoms with Crippen LogP contribution in [0.1, 0.15) is 49.9 Å². The number of hydrogen-bond donors (Lipinski definition) is 2. The highest BCUT2D eigenvalue weighted by molar-refractivity contribution is 7.99. The molecule has 0 bridgehead atoms. The molecule has 9 heteroatoms. The summed E-state index contributed by atoms with van der Waals surface area (Å²) in [7, 11) is 0. The highest BCUT2D eigenvalue weighted by Crippen LogP contribution is 2.39. The minimum absolute atomic E-state index is 0.420. The van der Waals surface area contributed by atoms with Crippen LogP contribution in [0, 0.1) is 6.92 Å². The second-order valence-electron chi connectivity index (χ2n) is 8.35. The summed E-state index contributed by atoms with van der Waals surface area (Å²) in [6.45, 7) is 8.81. The van der Waals surface area contributed by atoms with Crippen LogP contribution < -0.4 is 20.5 Å². The number of nitrogens with zero attached hydrogens (tertiary/aromatic N) is 3. The molecule has 1 atom stereocenters. The third-order valence-electron chi connectivity index (χ3n) is 5.63. The molecule has 0 fully saturated rings. The Hall–Kier alpha value is -3.46. The van der Waals surface area contributed by atoms with Crippen LogP contribution in [0.25, 0.3) is 0 Å². The predicted octanol–water partition coefficient (Wildman–Crippen LogP) is 4.84. The number of rotatable bonds is 10. The zero-order chi connectivity index (χ0) is 24.9. The van der Waals surface area contributed by atoms with Crippen molar-refractivity contribution in [1.82, 2.24) is 14.8 Å². The quantitative estimate of drug-likeness (QED) is 0.389. The fourth-order valence-corrected chi connectivity index (χ4v) is 4.62. The molecule has 2 heterocycles. The number of aryl methyl sites for hydroxylation is 1. The molecule has 1 aliphatic rings. The molecular formula is C26H31N5O3S. The Balaban J connectivity index is 1.69. The van der Waals surface area contributed by atoms with Gasteiger partial charge < -0.3 is 20.5 Å². The summed E-state index contributed by atoms with van der Waals surface area (Å²) in [5.41, 5.74) is 9.99. The average Bonchev–Trinajstić information content (AvgIpc) is 3.24. The van der Waals surface area contributed by atoms with Crippen LogP contribution >= 0.6 is 11.8 Å². The Morgan fingerprint density at radius 3 is 2.57 bits per heavy atom. The first-order valence-electron chi connectivity index (χ1n) is 11.7. The van der Waals surface area contributed by atoms with E-state index in [0.29, 0.717) is 47.1 Å².